The molecule has 0 amide bonds. The Morgan fingerprint density at radius 2 is 2.31 bits per heavy atom. The molecule has 3 rings (SSSR count). The quantitative estimate of drug-likeness (QED) is 0.798. The Morgan fingerprint density at radius 1 is 1.38 bits per heavy atom. The van der Waals surface area contributed by atoms with E-state index in [1.807, 2.05) is 13.0 Å². The SMILES string of the molecule is Cc1ccc2[nH]c(CC3CCNC3)nc2n1. The zero-order chi connectivity index (χ0) is 11.0. The summed E-state index contributed by atoms with van der Waals surface area (Å²) < 4.78 is 0. The van der Waals surface area contributed by atoms with Gasteiger partial charge in [-0.25, -0.2) is 9.97 Å². The first-order chi connectivity index (χ1) is 7.81. The standard InChI is InChI=1S/C12H16N4/c1-8-2-3-10-12(14-8)16-11(15-10)6-9-4-5-13-7-9/h2-3,9,13H,4-7H2,1H3,(H,14,15,16). The van der Waals surface area contributed by atoms with Gasteiger partial charge in [0.25, 0.3) is 0 Å². The highest BCUT2D eigenvalue weighted by Gasteiger charge is 2.16. The Morgan fingerprint density at radius 3 is 3.12 bits per heavy atom. The lowest BCUT2D eigenvalue weighted by molar-refractivity contribution is 0.565. The molecule has 2 N–H and O–H groups in total. The van der Waals surface area contributed by atoms with Crippen LogP contribution in [0.3, 0.4) is 0 Å². The van der Waals surface area contributed by atoms with Gasteiger partial charge >= 0.3 is 0 Å². The highest BCUT2D eigenvalue weighted by molar-refractivity contribution is 5.70. The van der Waals surface area contributed by atoms with Crippen LogP contribution in [0.2, 0.25) is 0 Å². The number of aromatic amines is 1. The van der Waals surface area contributed by atoms with E-state index in [0.29, 0.717) is 0 Å². The molecule has 1 saturated heterocycles. The number of imidazole rings is 1. The second kappa shape index (κ2) is 3.87. The normalized spacial score (nSPS) is 20.7. The molecule has 0 saturated carbocycles. The molecular weight excluding hydrogens is 200 g/mol. The summed E-state index contributed by atoms with van der Waals surface area (Å²) in [6.45, 7) is 4.25. The lowest BCUT2D eigenvalue weighted by atomic mass is 10.1. The molecule has 4 nitrogen and oxygen atoms in total. The minimum absolute atomic E-state index is 0.724. The van der Waals surface area contributed by atoms with Crippen molar-refractivity contribution in [3.8, 4) is 0 Å². The predicted molar refractivity (Wildman–Crippen MR) is 63.3 cm³/mol. The Kier molecular flexibility index (Phi) is 2.36. The van der Waals surface area contributed by atoms with Crippen molar-refractivity contribution in [2.45, 2.75) is 19.8 Å². The molecule has 3 heterocycles. The Labute approximate surface area is 94.5 Å². The summed E-state index contributed by atoms with van der Waals surface area (Å²) >= 11 is 0. The van der Waals surface area contributed by atoms with E-state index < -0.39 is 0 Å². The molecule has 1 aliphatic rings. The number of aryl methyl sites for hydroxylation is 1. The van der Waals surface area contributed by atoms with Gasteiger partial charge in [-0.05, 0) is 44.5 Å². The van der Waals surface area contributed by atoms with Gasteiger partial charge < -0.3 is 10.3 Å². The average Bonchev–Trinajstić information content (AvgIpc) is 2.86. The summed E-state index contributed by atoms with van der Waals surface area (Å²) in [7, 11) is 0. The van der Waals surface area contributed by atoms with Crippen molar-refractivity contribution < 1.29 is 0 Å². The molecule has 4 heteroatoms. The van der Waals surface area contributed by atoms with Gasteiger partial charge in [0.2, 0.25) is 0 Å². The summed E-state index contributed by atoms with van der Waals surface area (Å²) in [5.41, 5.74) is 2.92. The molecule has 0 aliphatic carbocycles. The van der Waals surface area contributed by atoms with Crippen molar-refractivity contribution in [3.05, 3.63) is 23.7 Å². The van der Waals surface area contributed by atoms with Gasteiger partial charge in [-0.3, -0.25) is 0 Å². The van der Waals surface area contributed by atoms with Crippen LogP contribution in [-0.2, 0) is 6.42 Å². The van der Waals surface area contributed by atoms with E-state index in [9.17, 15) is 0 Å². The van der Waals surface area contributed by atoms with E-state index in [0.717, 1.165) is 48.1 Å². The molecule has 1 unspecified atom stereocenters. The average molecular weight is 216 g/mol. The van der Waals surface area contributed by atoms with E-state index in [2.05, 4.69) is 26.3 Å². The van der Waals surface area contributed by atoms with Crippen LogP contribution in [0, 0.1) is 12.8 Å². The second-order valence-corrected chi connectivity index (χ2v) is 4.57. The van der Waals surface area contributed by atoms with Crippen molar-refractivity contribution in [3.63, 3.8) is 0 Å². The predicted octanol–water partition coefficient (Wildman–Crippen LogP) is 1.42. The minimum Gasteiger partial charge on any atom is -0.341 e. The zero-order valence-corrected chi connectivity index (χ0v) is 9.45. The first-order valence-corrected chi connectivity index (χ1v) is 5.84. The van der Waals surface area contributed by atoms with Crippen LogP contribution in [0.15, 0.2) is 12.1 Å². The third kappa shape index (κ3) is 1.80. The number of fused-ring (bicyclic) bond motifs is 1. The van der Waals surface area contributed by atoms with Crippen molar-refractivity contribution >= 4 is 11.2 Å². The van der Waals surface area contributed by atoms with Crippen LogP contribution < -0.4 is 5.32 Å². The van der Waals surface area contributed by atoms with Crippen molar-refractivity contribution in [2.75, 3.05) is 13.1 Å². The summed E-state index contributed by atoms with van der Waals surface area (Å²) in [5, 5.41) is 3.38. The fourth-order valence-electron chi connectivity index (χ4n) is 2.30. The highest BCUT2D eigenvalue weighted by Crippen LogP contribution is 2.16. The third-order valence-corrected chi connectivity index (χ3v) is 3.18. The fourth-order valence-corrected chi connectivity index (χ4v) is 2.30. The van der Waals surface area contributed by atoms with Gasteiger partial charge in [-0.1, -0.05) is 0 Å². The smallest absolute Gasteiger partial charge is 0.177 e. The molecule has 1 aliphatic heterocycles. The first-order valence-electron chi connectivity index (χ1n) is 5.84. The molecule has 0 aromatic carbocycles. The molecular formula is C12H16N4. The molecule has 2 aromatic rings. The largest absolute Gasteiger partial charge is 0.341 e. The number of pyridine rings is 1. The Hall–Kier alpha value is -1.42. The van der Waals surface area contributed by atoms with Gasteiger partial charge in [-0.15, -0.1) is 0 Å². The Bertz CT molecular complexity index is 497. The molecule has 0 spiro atoms. The van der Waals surface area contributed by atoms with Gasteiger partial charge in [-0.2, -0.15) is 0 Å². The number of rotatable bonds is 2. The second-order valence-electron chi connectivity index (χ2n) is 4.57. The van der Waals surface area contributed by atoms with E-state index >= 15 is 0 Å². The summed E-state index contributed by atoms with van der Waals surface area (Å²) in [6, 6.07) is 4.07. The molecule has 0 radical (unpaired) electrons. The lowest BCUT2D eigenvalue weighted by Crippen LogP contribution is -2.11. The number of nitrogens with one attached hydrogen (secondary N) is 2. The molecule has 1 fully saturated rings. The van der Waals surface area contributed by atoms with E-state index in [4.69, 9.17) is 0 Å². The molecule has 0 bridgehead atoms. The van der Waals surface area contributed by atoms with Crippen molar-refractivity contribution in [1.82, 2.24) is 20.3 Å². The van der Waals surface area contributed by atoms with Gasteiger partial charge in [0.15, 0.2) is 5.65 Å². The fraction of sp³-hybridized carbons (Fsp3) is 0.500. The van der Waals surface area contributed by atoms with E-state index in [1.165, 1.54) is 6.42 Å². The van der Waals surface area contributed by atoms with Gasteiger partial charge in [0.1, 0.15) is 5.82 Å². The number of hydrogen-bond acceptors (Lipinski definition) is 3. The van der Waals surface area contributed by atoms with E-state index in [-0.39, 0.29) is 0 Å². The zero-order valence-electron chi connectivity index (χ0n) is 9.45. The van der Waals surface area contributed by atoms with Crippen LogP contribution >= 0.6 is 0 Å². The molecule has 1 atom stereocenters. The molecule has 2 aromatic heterocycles. The maximum atomic E-state index is 4.54. The van der Waals surface area contributed by atoms with Crippen LogP contribution in [0.25, 0.3) is 11.2 Å². The molecule has 16 heavy (non-hydrogen) atoms. The molecule has 84 valence electrons. The van der Waals surface area contributed by atoms with Gasteiger partial charge in [0, 0.05) is 12.1 Å². The number of aromatic nitrogens is 3. The Balaban J connectivity index is 1.86. The third-order valence-electron chi connectivity index (χ3n) is 3.18. The van der Waals surface area contributed by atoms with Crippen molar-refractivity contribution in [1.29, 1.82) is 0 Å². The summed E-state index contributed by atoms with van der Waals surface area (Å²) in [4.78, 5) is 12.3. The minimum atomic E-state index is 0.724. The summed E-state index contributed by atoms with van der Waals surface area (Å²) in [6.07, 6.45) is 2.28. The number of H-pyrrole nitrogens is 1. The van der Waals surface area contributed by atoms with Crippen LogP contribution in [0.4, 0.5) is 0 Å². The maximum absolute atomic E-state index is 4.54. The lowest BCUT2D eigenvalue weighted by Gasteiger charge is -2.03. The van der Waals surface area contributed by atoms with Gasteiger partial charge in [0.05, 0.1) is 5.52 Å². The number of hydrogen-bond donors (Lipinski definition) is 2. The summed E-state index contributed by atoms with van der Waals surface area (Å²) in [5.74, 6) is 1.79. The maximum Gasteiger partial charge on any atom is 0.177 e. The van der Waals surface area contributed by atoms with Crippen LogP contribution in [0.1, 0.15) is 17.9 Å². The van der Waals surface area contributed by atoms with E-state index in [1.54, 1.807) is 0 Å². The van der Waals surface area contributed by atoms with Crippen LogP contribution in [-0.4, -0.2) is 28.0 Å². The highest BCUT2D eigenvalue weighted by atomic mass is 15.0. The van der Waals surface area contributed by atoms with Crippen molar-refractivity contribution in [2.24, 2.45) is 5.92 Å². The monoisotopic (exact) mass is 216 g/mol. The van der Waals surface area contributed by atoms with Crippen LogP contribution in [0.5, 0.6) is 0 Å². The topological polar surface area (TPSA) is 53.6 Å². The first kappa shape index (κ1) is 9.78. The number of nitrogens with zero attached hydrogens (tertiary/aromatic N) is 2.